The third-order valence-corrected chi connectivity index (χ3v) is 3.01. The van der Waals surface area contributed by atoms with Crippen molar-refractivity contribution in [2.75, 3.05) is 0 Å². The molecular weight excluding hydrogens is 264 g/mol. The van der Waals surface area contributed by atoms with Gasteiger partial charge in [0.05, 0.1) is 6.54 Å². The molecule has 1 amide bonds. The van der Waals surface area contributed by atoms with Gasteiger partial charge in [0.25, 0.3) is 5.91 Å². The Morgan fingerprint density at radius 2 is 1.90 bits per heavy atom. The minimum Gasteiger partial charge on any atom is -0.402 e. The van der Waals surface area contributed by atoms with Gasteiger partial charge in [0.15, 0.2) is 0 Å². The van der Waals surface area contributed by atoms with Gasteiger partial charge in [0.2, 0.25) is 0 Å². The fourth-order valence-corrected chi connectivity index (χ4v) is 2.05. The van der Waals surface area contributed by atoms with Gasteiger partial charge in [0, 0.05) is 17.3 Å². The van der Waals surface area contributed by atoms with Crippen LogP contribution in [0.15, 0.2) is 71.1 Å². The lowest BCUT2D eigenvalue weighted by Gasteiger charge is -2.27. The van der Waals surface area contributed by atoms with Crippen molar-refractivity contribution in [3.8, 4) is 0 Å². The first-order chi connectivity index (χ1) is 9.99. The second-order valence-corrected chi connectivity index (χ2v) is 4.77. The molecule has 0 aliphatic carbocycles. The normalized spacial score (nSPS) is 19.0. The molecule has 0 bridgehead atoms. The predicted octanol–water partition coefficient (Wildman–Crippen LogP) is 1.65. The summed E-state index contributed by atoms with van der Waals surface area (Å²) in [6, 6.07) is 9.65. The number of amidine groups is 1. The van der Waals surface area contributed by atoms with Crippen LogP contribution in [-0.4, -0.2) is 16.6 Å². The predicted molar refractivity (Wildman–Crippen MR) is 83.8 cm³/mol. The summed E-state index contributed by atoms with van der Waals surface area (Å²) in [6.45, 7) is 5.73. The number of hydrogen-bond acceptors (Lipinski definition) is 4. The first kappa shape index (κ1) is 14.6. The number of nitrogens with two attached hydrogens (primary N) is 2. The number of aliphatic imine (C=N–C) groups is 1. The zero-order valence-corrected chi connectivity index (χ0v) is 11.9. The minimum atomic E-state index is -0.163. The van der Waals surface area contributed by atoms with E-state index in [1.807, 2.05) is 30.3 Å². The van der Waals surface area contributed by atoms with Crippen LogP contribution in [-0.2, 0) is 11.3 Å². The van der Waals surface area contributed by atoms with Gasteiger partial charge in [-0.05, 0) is 18.6 Å². The Hall–Kier alpha value is -2.82. The van der Waals surface area contributed by atoms with Crippen LogP contribution in [0.4, 0.5) is 0 Å². The summed E-state index contributed by atoms with van der Waals surface area (Å²) in [5, 5.41) is 0. The third kappa shape index (κ3) is 3.39. The summed E-state index contributed by atoms with van der Waals surface area (Å²) in [5.74, 6) is 0.396. The molecule has 4 N–H and O–H groups in total. The molecule has 1 heterocycles. The average Bonchev–Trinajstić information content (AvgIpc) is 2.43. The lowest BCUT2D eigenvalue weighted by molar-refractivity contribution is -0.123. The summed E-state index contributed by atoms with van der Waals surface area (Å²) in [6.07, 6.45) is 3.13. The van der Waals surface area contributed by atoms with Crippen LogP contribution in [0.3, 0.4) is 0 Å². The number of hydrogen-bond donors (Lipinski definition) is 2. The molecule has 0 spiro atoms. The van der Waals surface area contributed by atoms with Crippen LogP contribution < -0.4 is 11.5 Å². The summed E-state index contributed by atoms with van der Waals surface area (Å²) in [5.41, 5.74) is 13.7. The second-order valence-electron chi connectivity index (χ2n) is 4.77. The Bertz CT molecular complexity index is 652. The first-order valence-electron chi connectivity index (χ1n) is 6.52. The van der Waals surface area contributed by atoms with E-state index in [2.05, 4.69) is 11.6 Å². The van der Waals surface area contributed by atoms with Crippen LogP contribution in [0, 0.1) is 0 Å². The molecule has 21 heavy (non-hydrogen) atoms. The quantitative estimate of drug-likeness (QED) is 0.884. The molecule has 1 aliphatic rings. The number of allylic oxidation sites excluding steroid dienone is 1. The molecule has 0 saturated heterocycles. The van der Waals surface area contributed by atoms with Gasteiger partial charge in [-0.1, -0.05) is 36.9 Å². The number of carbonyl (C=O) groups excluding carboxylic acids is 1. The van der Waals surface area contributed by atoms with Gasteiger partial charge < -0.3 is 11.5 Å². The Morgan fingerprint density at radius 1 is 1.24 bits per heavy atom. The first-order valence-corrected chi connectivity index (χ1v) is 6.52. The summed E-state index contributed by atoms with van der Waals surface area (Å²) >= 11 is 0. The topological polar surface area (TPSA) is 84.7 Å². The Morgan fingerprint density at radius 3 is 2.48 bits per heavy atom. The van der Waals surface area contributed by atoms with E-state index in [9.17, 15) is 4.79 Å². The molecule has 1 aliphatic heterocycles. The molecule has 0 saturated carbocycles. The van der Waals surface area contributed by atoms with E-state index in [0.29, 0.717) is 23.7 Å². The molecule has 0 radical (unpaired) electrons. The van der Waals surface area contributed by atoms with Crippen molar-refractivity contribution in [3.05, 3.63) is 71.7 Å². The maximum atomic E-state index is 12.2. The minimum absolute atomic E-state index is 0.130. The molecule has 108 valence electrons. The molecule has 1 aromatic rings. The SMILES string of the molecule is C=C(N)/N=C1\C(=C(\C)N)C=CC(=O)N1Cc1ccccc1. The fourth-order valence-electron chi connectivity index (χ4n) is 2.05. The van der Waals surface area contributed by atoms with Gasteiger partial charge in [-0.3, -0.25) is 9.69 Å². The highest BCUT2D eigenvalue weighted by Crippen LogP contribution is 2.19. The van der Waals surface area contributed by atoms with Crippen LogP contribution in [0.5, 0.6) is 0 Å². The van der Waals surface area contributed by atoms with Crippen molar-refractivity contribution >= 4 is 11.7 Å². The van der Waals surface area contributed by atoms with Crippen molar-refractivity contribution in [2.45, 2.75) is 13.5 Å². The zero-order chi connectivity index (χ0) is 15.4. The maximum absolute atomic E-state index is 12.2. The highest BCUT2D eigenvalue weighted by atomic mass is 16.2. The molecule has 0 unspecified atom stereocenters. The number of nitrogens with zero attached hydrogens (tertiary/aromatic N) is 2. The molecule has 0 aromatic heterocycles. The molecule has 5 nitrogen and oxygen atoms in total. The van der Waals surface area contributed by atoms with Crippen molar-refractivity contribution in [1.29, 1.82) is 0 Å². The number of carbonyl (C=O) groups is 1. The van der Waals surface area contributed by atoms with E-state index in [-0.39, 0.29) is 11.7 Å². The van der Waals surface area contributed by atoms with Crippen LogP contribution in [0.2, 0.25) is 0 Å². The lowest BCUT2D eigenvalue weighted by atomic mass is 10.1. The van der Waals surface area contributed by atoms with Crippen molar-refractivity contribution < 1.29 is 4.79 Å². The maximum Gasteiger partial charge on any atom is 0.252 e. The zero-order valence-electron chi connectivity index (χ0n) is 11.9. The van der Waals surface area contributed by atoms with Crippen molar-refractivity contribution in [3.63, 3.8) is 0 Å². The van der Waals surface area contributed by atoms with E-state index in [1.165, 1.54) is 6.08 Å². The largest absolute Gasteiger partial charge is 0.402 e. The molecular formula is C16H18N4O. The van der Waals surface area contributed by atoms with Crippen LogP contribution in [0.25, 0.3) is 0 Å². The van der Waals surface area contributed by atoms with Gasteiger partial charge in [-0.25, -0.2) is 4.99 Å². The number of rotatable bonds is 3. The molecule has 2 rings (SSSR count). The van der Waals surface area contributed by atoms with E-state index in [4.69, 9.17) is 11.5 Å². The standard InChI is InChI=1S/C16H18N4O/c1-11(17)14-8-9-15(21)20(16(14)19-12(2)18)10-13-6-4-3-5-7-13/h3-9H,2,10,17-18H2,1H3/b14-11-,19-16+. The number of benzene rings is 1. The molecule has 0 atom stereocenters. The van der Waals surface area contributed by atoms with E-state index in [0.717, 1.165) is 5.56 Å². The molecule has 1 aromatic carbocycles. The smallest absolute Gasteiger partial charge is 0.252 e. The lowest BCUT2D eigenvalue weighted by Crippen LogP contribution is -2.39. The third-order valence-electron chi connectivity index (χ3n) is 3.01. The van der Waals surface area contributed by atoms with Gasteiger partial charge >= 0.3 is 0 Å². The number of amides is 1. The Labute approximate surface area is 124 Å². The van der Waals surface area contributed by atoms with Gasteiger partial charge in [-0.15, -0.1) is 0 Å². The molecule has 0 fully saturated rings. The fraction of sp³-hybridized carbons (Fsp3) is 0.125. The Kier molecular flexibility index (Phi) is 4.23. The van der Waals surface area contributed by atoms with E-state index < -0.39 is 0 Å². The van der Waals surface area contributed by atoms with E-state index in [1.54, 1.807) is 17.9 Å². The van der Waals surface area contributed by atoms with Crippen LogP contribution >= 0.6 is 0 Å². The summed E-state index contributed by atoms with van der Waals surface area (Å²) in [4.78, 5) is 17.9. The van der Waals surface area contributed by atoms with Crippen molar-refractivity contribution in [2.24, 2.45) is 16.5 Å². The van der Waals surface area contributed by atoms with Gasteiger partial charge in [0.1, 0.15) is 11.7 Å². The van der Waals surface area contributed by atoms with Crippen LogP contribution in [0.1, 0.15) is 12.5 Å². The monoisotopic (exact) mass is 282 g/mol. The second kappa shape index (κ2) is 6.09. The highest BCUT2D eigenvalue weighted by Gasteiger charge is 2.25. The summed E-state index contributed by atoms with van der Waals surface area (Å²) in [7, 11) is 0. The highest BCUT2D eigenvalue weighted by molar-refractivity contribution is 6.15. The average molecular weight is 282 g/mol. The summed E-state index contributed by atoms with van der Waals surface area (Å²) < 4.78 is 0. The van der Waals surface area contributed by atoms with Crippen molar-refractivity contribution in [1.82, 2.24) is 4.90 Å². The molecule has 5 heteroatoms. The Balaban J connectivity index is 2.45. The van der Waals surface area contributed by atoms with E-state index >= 15 is 0 Å². The van der Waals surface area contributed by atoms with Gasteiger partial charge in [-0.2, -0.15) is 0 Å².